The number of carbonyl (C=O) groups excluding carboxylic acids is 2. The van der Waals surface area contributed by atoms with Gasteiger partial charge in [-0.05, 0) is 13.3 Å². The summed E-state index contributed by atoms with van der Waals surface area (Å²) in [6.07, 6.45) is 4.08. The van der Waals surface area contributed by atoms with E-state index in [9.17, 15) is 9.59 Å². The van der Waals surface area contributed by atoms with Crippen molar-refractivity contribution in [1.29, 1.82) is 0 Å². The molecule has 0 fully saturated rings. The fourth-order valence-electron chi connectivity index (χ4n) is 0.874. The van der Waals surface area contributed by atoms with Crippen molar-refractivity contribution in [2.75, 3.05) is 7.11 Å². The first-order chi connectivity index (χ1) is 6.11. The van der Waals surface area contributed by atoms with Gasteiger partial charge in [-0.1, -0.05) is 12.2 Å². The van der Waals surface area contributed by atoms with Gasteiger partial charge >= 0.3 is 5.97 Å². The molecule has 1 atom stereocenters. The van der Waals surface area contributed by atoms with E-state index in [0.29, 0.717) is 6.42 Å². The van der Waals surface area contributed by atoms with E-state index < -0.39 is 12.0 Å². The maximum Gasteiger partial charge on any atom is 0.328 e. The molecule has 1 N–H and O–H groups in total. The molecule has 0 unspecified atom stereocenters. The summed E-state index contributed by atoms with van der Waals surface area (Å²) in [5.74, 6) is -0.659. The number of carbonyl (C=O) groups is 2. The average Bonchev–Trinajstić information content (AvgIpc) is 2.10. The molecule has 13 heavy (non-hydrogen) atoms. The van der Waals surface area contributed by atoms with E-state index in [-0.39, 0.29) is 5.91 Å². The Kier molecular flexibility index (Phi) is 5.59. The van der Waals surface area contributed by atoms with Crippen LogP contribution in [-0.2, 0) is 14.3 Å². The van der Waals surface area contributed by atoms with Gasteiger partial charge in [-0.2, -0.15) is 0 Å². The number of methoxy groups -OCH3 is 1. The van der Waals surface area contributed by atoms with Crippen molar-refractivity contribution in [3.05, 3.63) is 12.2 Å². The summed E-state index contributed by atoms with van der Waals surface area (Å²) in [6, 6.07) is -0.571. The minimum absolute atomic E-state index is 0.236. The number of hydrogen-bond donors (Lipinski definition) is 1. The number of nitrogens with one attached hydrogen (secondary N) is 1. The van der Waals surface area contributed by atoms with E-state index in [1.807, 2.05) is 13.0 Å². The number of hydrogen-bond acceptors (Lipinski definition) is 3. The summed E-state index contributed by atoms with van der Waals surface area (Å²) in [4.78, 5) is 21.8. The molecule has 74 valence electrons. The van der Waals surface area contributed by atoms with Crippen LogP contribution < -0.4 is 5.32 Å². The number of ether oxygens (including phenoxy) is 1. The summed E-state index contributed by atoms with van der Waals surface area (Å²) < 4.78 is 4.52. The third kappa shape index (κ3) is 5.00. The molecule has 0 aromatic rings. The van der Waals surface area contributed by atoms with Gasteiger partial charge in [-0.25, -0.2) is 4.79 Å². The molecule has 0 aliphatic carbocycles. The zero-order chi connectivity index (χ0) is 10.3. The van der Waals surface area contributed by atoms with Crippen LogP contribution in [0.5, 0.6) is 0 Å². The predicted molar refractivity (Wildman–Crippen MR) is 49.1 cm³/mol. The smallest absolute Gasteiger partial charge is 0.328 e. The van der Waals surface area contributed by atoms with Gasteiger partial charge in [0.1, 0.15) is 6.04 Å². The van der Waals surface area contributed by atoms with Gasteiger partial charge in [0.15, 0.2) is 0 Å². The van der Waals surface area contributed by atoms with Gasteiger partial charge in [0.05, 0.1) is 7.11 Å². The van der Waals surface area contributed by atoms with Gasteiger partial charge in [-0.3, -0.25) is 4.79 Å². The number of rotatable bonds is 4. The number of allylic oxidation sites excluding steroid dienone is 1. The molecule has 0 aromatic heterocycles. The van der Waals surface area contributed by atoms with Gasteiger partial charge in [0, 0.05) is 6.92 Å². The Labute approximate surface area is 78.0 Å². The van der Waals surface area contributed by atoms with Crippen LogP contribution >= 0.6 is 0 Å². The molecule has 0 aromatic carbocycles. The summed E-state index contributed by atoms with van der Waals surface area (Å²) >= 11 is 0. The van der Waals surface area contributed by atoms with Crippen LogP contribution in [0.4, 0.5) is 0 Å². The highest BCUT2D eigenvalue weighted by atomic mass is 16.5. The topological polar surface area (TPSA) is 55.4 Å². The zero-order valence-electron chi connectivity index (χ0n) is 8.16. The van der Waals surface area contributed by atoms with E-state index in [4.69, 9.17) is 0 Å². The highest BCUT2D eigenvalue weighted by Gasteiger charge is 2.17. The molecule has 0 aliphatic heterocycles. The molecule has 4 heteroatoms. The Balaban J connectivity index is 4.18. The molecule has 0 radical (unpaired) electrons. The Morgan fingerprint density at radius 3 is 2.54 bits per heavy atom. The molecule has 0 rings (SSSR count). The summed E-state index contributed by atoms with van der Waals surface area (Å²) in [7, 11) is 1.30. The first-order valence-corrected chi connectivity index (χ1v) is 4.08. The van der Waals surface area contributed by atoms with E-state index >= 15 is 0 Å². The maximum atomic E-state index is 11.1. The van der Waals surface area contributed by atoms with Gasteiger partial charge < -0.3 is 10.1 Å². The quantitative estimate of drug-likeness (QED) is 0.516. The van der Waals surface area contributed by atoms with Crippen molar-refractivity contribution in [3.63, 3.8) is 0 Å². The molecular formula is C9H15NO3. The molecule has 4 nitrogen and oxygen atoms in total. The van der Waals surface area contributed by atoms with Crippen LogP contribution in [0, 0.1) is 0 Å². The predicted octanol–water partition coefficient (Wildman–Crippen LogP) is 0.630. The molecule has 0 saturated carbocycles. The standard InChI is InChI=1S/C9H15NO3/c1-4-5-6-8(9(12)13-3)10-7(2)11/h4-5,8H,6H2,1-3H3,(H,10,11)/b5-4+/t8-/m0/s1. The highest BCUT2D eigenvalue weighted by Crippen LogP contribution is 1.96. The van der Waals surface area contributed by atoms with Crippen molar-refractivity contribution in [2.24, 2.45) is 0 Å². The fraction of sp³-hybridized carbons (Fsp3) is 0.556. The Hall–Kier alpha value is -1.32. The molecule has 0 spiro atoms. The van der Waals surface area contributed by atoms with Crippen molar-refractivity contribution >= 4 is 11.9 Å². The average molecular weight is 185 g/mol. The van der Waals surface area contributed by atoms with E-state index in [2.05, 4.69) is 10.1 Å². The minimum atomic E-state index is -0.571. The first-order valence-electron chi connectivity index (χ1n) is 4.08. The second-order valence-electron chi connectivity index (χ2n) is 2.58. The van der Waals surface area contributed by atoms with Gasteiger partial charge in [0.2, 0.25) is 5.91 Å². The minimum Gasteiger partial charge on any atom is -0.467 e. The van der Waals surface area contributed by atoms with Crippen molar-refractivity contribution in [3.8, 4) is 0 Å². The first kappa shape index (κ1) is 11.7. The van der Waals surface area contributed by atoms with E-state index in [1.165, 1.54) is 14.0 Å². The Morgan fingerprint density at radius 1 is 1.54 bits per heavy atom. The lowest BCUT2D eigenvalue weighted by molar-refractivity contribution is -0.144. The maximum absolute atomic E-state index is 11.1. The fourth-order valence-corrected chi connectivity index (χ4v) is 0.874. The summed E-state index contributed by atoms with van der Waals surface area (Å²) in [5, 5.41) is 2.50. The number of amides is 1. The van der Waals surface area contributed by atoms with Gasteiger partial charge in [-0.15, -0.1) is 0 Å². The molecule has 0 heterocycles. The van der Waals surface area contributed by atoms with E-state index in [1.54, 1.807) is 6.08 Å². The third-order valence-corrected chi connectivity index (χ3v) is 1.47. The van der Waals surface area contributed by atoms with E-state index in [0.717, 1.165) is 0 Å². The van der Waals surface area contributed by atoms with Crippen molar-refractivity contribution in [2.45, 2.75) is 26.3 Å². The monoisotopic (exact) mass is 185 g/mol. The van der Waals surface area contributed by atoms with Crippen LogP contribution in [0.1, 0.15) is 20.3 Å². The second kappa shape index (κ2) is 6.22. The molecule has 0 aliphatic rings. The summed E-state index contributed by atoms with van der Waals surface area (Å²) in [6.45, 7) is 3.22. The number of esters is 1. The van der Waals surface area contributed by atoms with Crippen LogP contribution in [0.3, 0.4) is 0 Å². The zero-order valence-corrected chi connectivity index (χ0v) is 8.16. The normalized spacial score (nSPS) is 12.5. The lowest BCUT2D eigenvalue weighted by Gasteiger charge is -2.12. The molecule has 1 amide bonds. The largest absolute Gasteiger partial charge is 0.467 e. The third-order valence-electron chi connectivity index (χ3n) is 1.47. The van der Waals surface area contributed by atoms with Crippen molar-refractivity contribution < 1.29 is 14.3 Å². The van der Waals surface area contributed by atoms with Crippen LogP contribution in [-0.4, -0.2) is 25.0 Å². The highest BCUT2D eigenvalue weighted by molar-refractivity contribution is 5.83. The molecule has 0 bridgehead atoms. The van der Waals surface area contributed by atoms with Crippen LogP contribution in [0.2, 0.25) is 0 Å². The van der Waals surface area contributed by atoms with Crippen LogP contribution in [0.15, 0.2) is 12.2 Å². The summed E-state index contributed by atoms with van der Waals surface area (Å²) in [5.41, 5.74) is 0. The van der Waals surface area contributed by atoms with Crippen LogP contribution in [0.25, 0.3) is 0 Å². The lowest BCUT2D eigenvalue weighted by atomic mass is 10.2. The Bertz CT molecular complexity index is 211. The SMILES string of the molecule is C/C=C/C[C@H](NC(C)=O)C(=O)OC. The molecule has 0 saturated heterocycles. The molecular weight excluding hydrogens is 170 g/mol. The Morgan fingerprint density at radius 2 is 2.15 bits per heavy atom. The van der Waals surface area contributed by atoms with Gasteiger partial charge in [0.25, 0.3) is 0 Å². The second-order valence-corrected chi connectivity index (χ2v) is 2.58. The lowest BCUT2D eigenvalue weighted by Crippen LogP contribution is -2.39. The van der Waals surface area contributed by atoms with Crippen molar-refractivity contribution in [1.82, 2.24) is 5.32 Å².